The Morgan fingerprint density at radius 3 is 2.60 bits per heavy atom. The van der Waals surface area contributed by atoms with Crippen LogP contribution in [-0.4, -0.2) is 33.8 Å². The lowest BCUT2D eigenvalue weighted by atomic mass is 10.0. The fourth-order valence-electron chi connectivity index (χ4n) is 2.54. The van der Waals surface area contributed by atoms with Gasteiger partial charge in [-0.2, -0.15) is 0 Å². The van der Waals surface area contributed by atoms with Gasteiger partial charge in [-0.15, -0.1) is 0 Å². The number of hydrogen-bond donors (Lipinski definition) is 2. The van der Waals surface area contributed by atoms with Crippen LogP contribution in [0, 0.1) is 0 Å². The number of benzene rings is 1. The number of aromatic hydroxyl groups is 1. The molecule has 0 aromatic heterocycles. The molecule has 20 heavy (non-hydrogen) atoms. The maximum absolute atomic E-state index is 12.3. The Morgan fingerprint density at radius 1 is 1.20 bits per heavy atom. The van der Waals surface area contributed by atoms with Crippen LogP contribution in [0.2, 0.25) is 0 Å². The van der Waals surface area contributed by atoms with Gasteiger partial charge in [-0.1, -0.05) is 6.58 Å². The first kappa shape index (κ1) is 12.4. The van der Waals surface area contributed by atoms with Crippen LogP contribution in [0.3, 0.4) is 0 Å². The third-order valence-electron chi connectivity index (χ3n) is 3.54. The van der Waals surface area contributed by atoms with Gasteiger partial charge in [0.15, 0.2) is 0 Å². The zero-order valence-corrected chi connectivity index (χ0v) is 10.5. The van der Waals surface area contributed by atoms with E-state index in [0.717, 1.165) is 4.90 Å². The van der Waals surface area contributed by atoms with Gasteiger partial charge in [0.25, 0.3) is 11.8 Å². The minimum atomic E-state index is -0.824. The highest BCUT2D eigenvalue weighted by molar-refractivity contribution is 6.23. The van der Waals surface area contributed by atoms with Gasteiger partial charge in [0.2, 0.25) is 5.91 Å². The van der Waals surface area contributed by atoms with Crippen LogP contribution in [-0.2, 0) is 4.79 Å². The molecule has 2 aliphatic heterocycles. The molecule has 1 aromatic rings. The summed E-state index contributed by atoms with van der Waals surface area (Å²) in [5.74, 6) is -1.54. The molecule has 102 valence electrons. The number of amides is 3. The van der Waals surface area contributed by atoms with Crippen LogP contribution in [0.1, 0.15) is 33.6 Å². The number of carbonyl (C=O) groups is 3. The molecule has 2 aliphatic rings. The zero-order chi connectivity index (χ0) is 14.4. The van der Waals surface area contributed by atoms with Gasteiger partial charge in [0.1, 0.15) is 11.8 Å². The molecule has 6 nitrogen and oxygen atoms in total. The Balaban J connectivity index is 1.97. The summed E-state index contributed by atoms with van der Waals surface area (Å²) in [5.41, 5.74) is 0.928. The summed E-state index contributed by atoms with van der Waals surface area (Å²) in [7, 11) is 0. The number of carbonyl (C=O) groups excluding carboxylic acids is 3. The van der Waals surface area contributed by atoms with Crippen molar-refractivity contribution < 1.29 is 19.5 Å². The SMILES string of the molecule is C=C1CCC(N2C(=O)c3ccc(O)cc3C2=O)C(=O)N1. The van der Waals surface area contributed by atoms with Crippen molar-refractivity contribution in [2.45, 2.75) is 18.9 Å². The fraction of sp³-hybridized carbons (Fsp3) is 0.214. The van der Waals surface area contributed by atoms with Crippen molar-refractivity contribution in [3.8, 4) is 5.75 Å². The van der Waals surface area contributed by atoms with Crippen molar-refractivity contribution >= 4 is 17.7 Å². The van der Waals surface area contributed by atoms with Crippen molar-refractivity contribution in [1.29, 1.82) is 0 Å². The summed E-state index contributed by atoms with van der Waals surface area (Å²) in [5, 5.41) is 12.0. The lowest BCUT2D eigenvalue weighted by molar-refractivity contribution is -0.125. The number of phenolic OH excluding ortho intramolecular Hbond substituents is 1. The number of imide groups is 1. The maximum Gasteiger partial charge on any atom is 0.262 e. The molecule has 1 aromatic carbocycles. The highest BCUT2D eigenvalue weighted by atomic mass is 16.3. The lowest BCUT2D eigenvalue weighted by Crippen LogP contribution is -2.51. The molecule has 2 heterocycles. The summed E-state index contributed by atoms with van der Waals surface area (Å²) < 4.78 is 0. The minimum Gasteiger partial charge on any atom is -0.508 e. The summed E-state index contributed by atoms with van der Waals surface area (Å²) in [6.07, 6.45) is 0.886. The molecule has 6 heteroatoms. The van der Waals surface area contributed by atoms with Crippen molar-refractivity contribution in [2.75, 3.05) is 0 Å². The summed E-state index contributed by atoms with van der Waals surface area (Å²) in [6.45, 7) is 3.66. The molecule has 1 fully saturated rings. The molecule has 3 amide bonds. The number of allylic oxidation sites excluding steroid dienone is 1. The van der Waals surface area contributed by atoms with Crippen molar-refractivity contribution in [2.24, 2.45) is 0 Å². The van der Waals surface area contributed by atoms with E-state index < -0.39 is 23.8 Å². The molecular formula is C14H12N2O4. The number of nitrogens with zero attached hydrogens (tertiary/aromatic N) is 1. The van der Waals surface area contributed by atoms with Crippen LogP contribution in [0.25, 0.3) is 0 Å². The first-order valence-corrected chi connectivity index (χ1v) is 6.18. The average Bonchev–Trinajstić information content (AvgIpc) is 2.63. The molecule has 0 aliphatic carbocycles. The van der Waals surface area contributed by atoms with Gasteiger partial charge < -0.3 is 10.4 Å². The second-order valence-corrected chi connectivity index (χ2v) is 4.86. The molecule has 0 radical (unpaired) electrons. The van der Waals surface area contributed by atoms with Crippen LogP contribution in [0.15, 0.2) is 30.5 Å². The molecule has 1 atom stereocenters. The first-order valence-electron chi connectivity index (χ1n) is 6.18. The largest absolute Gasteiger partial charge is 0.508 e. The third kappa shape index (κ3) is 1.69. The van der Waals surface area contributed by atoms with E-state index in [1.807, 2.05) is 0 Å². The van der Waals surface area contributed by atoms with Gasteiger partial charge in [0, 0.05) is 5.70 Å². The van der Waals surface area contributed by atoms with E-state index in [4.69, 9.17) is 0 Å². The molecule has 1 saturated heterocycles. The number of fused-ring (bicyclic) bond motifs is 1. The Kier molecular flexibility index (Phi) is 2.60. The summed E-state index contributed by atoms with van der Waals surface area (Å²) in [6, 6.07) is 3.16. The normalized spacial score (nSPS) is 22.0. The second-order valence-electron chi connectivity index (χ2n) is 4.86. The minimum absolute atomic E-state index is 0.0896. The Labute approximate surface area is 114 Å². The Bertz CT molecular complexity index is 665. The highest BCUT2D eigenvalue weighted by Gasteiger charge is 2.43. The van der Waals surface area contributed by atoms with Crippen LogP contribution in [0.5, 0.6) is 5.75 Å². The predicted molar refractivity (Wildman–Crippen MR) is 68.9 cm³/mol. The third-order valence-corrected chi connectivity index (χ3v) is 3.54. The van der Waals surface area contributed by atoms with E-state index in [2.05, 4.69) is 11.9 Å². The van der Waals surface area contributed by atoms with E-state index in [1.54, 1.807) is 0 Å². The van der Waals surface area contributed by atoms with E-state index in [9.17, 15) is 19.5 Å². The second kappa shape index (κ2) is 4.19. The van der Waals surface area contributed by atoms with Crippen LogP contribution in [0.4, 0.5) is 0 Å². The molecule has 0 spiro atoms. The van der Waals surface area contributed by atoms with Gasteiger partial charge in [0.05, 0.1) is 11.1 Å². The smallest absolute Gasteiger partial charge is 0.262 e. The van der Waals surface area contributed by atoms with Crippen molar-refractivity contribution in [1.82, 2.24) is 10.2 Å². The fourth-order valence-corrected chi connectivity index (χ4v) is 2.54. The molecule has 0 saturated carbocycles. The van der Waals surface area contributed by atoms with E-state index >= 15 is 0 Å². The maximum atomic E-state index is 12.3. The number of piperidine rings is 1. The summed E-state index contributed by atoms with van der Waals surface area (Å²) >= 11 is 0. The van der Waals surface area contributed by atoms with E-state index in [-0.39, 0.29) is 16.9 Å². The first-order chi connectivity index (χ1) is 9.49. The van der Waals surface area contributed by atoms with Crippen LogP contribution >= 0.6 is 0 Å². The zero-order valence-electron chi connectivity index (χ0n) is 10.5. The topological polar surface area (TPSA) is 86.7 Å². The number of hydrogen-bond acceptors (Lipinski definition) is 4. The lowest BCUT2D eigenvalue weighted by Gasteiger charge is -2.29. The van der Waals surface area contributed by atoms with Crippen molar-refractivity contribution in [3.63, 3.8) is 0 Å². The molecule has 0 bridgehead atoms. The molecule has 2 N–H and O–H groups in total. The van der Waals surface area contributed by atoms with E-state index in [1.165, 1.54) is 18.2 Å². The van der Waals surface area contributed by atoms with E-state index in [0.29, 0.717) is 18.5 Å². The van der Waals surface area contributed by atoms with Gasteiger partial charge in [-0.25, -0.2) is 0 Å². The Hall–Kier alpha value is -2.63. The molecule has 1 unspecified atom stereocenters. The molecular weight excluding hydrogens is 260 g/mol. The highest BCUT2D eigenvalue weighted by Crippen LogP contribution is 2.30. The van der Waals surface area contributed by atoms with Gasteiger partial charge in [-0.05, 0) is 31.0 Å². The van der Waals surface area contributed by atoms with Crippen molar-refractivity contribution in [3.05, 3.63) is 41.6 Å². The number of nitrogens with one attached hydrogen (secondary N) is 1. The monoisotopic (exact) mass is 272 g/mol. The van der Waals surface area contributed by atoms with Gasteiger partial charge >= 0.3 is 0 Å². The Morgan fingerprint density at radius 2 is 1.90 bits per heavy atom. The standard InChI is InChI=1S/C14H12N2O4/c1-7-2-5-11(12(18)15-7)16-13(19)9-4-3-8(17)6-10(9)14(16)20/h3-4,6,11,17H,1-2,5H2,(H,15,18). The number of rotatable bonds is 1. The molecule has 3 rings (SSSR count). The number of phenols is 1. The quantitative estimate of drug-likeness (QED) is 0.740. The summed E-state index contributed by atoms with van der Waals surface area (Å²) in [4.78, 5) is 37.4. The predicted octanol–water partition coefficient (Wildman–Crippen LogP) is 0.780. The van der Waals surface area contributed by atoms with Gasteiger partial charge in [-0.3, -0.25) is 19.3 Å². The van der Waals surface area contributed by atoms with Crippen LogP contribution < -0.4 is 5.32 Å². The average molecular weight is 272 g/mol.